The Kier molecular flexibility index (Phi) is 10.00. The second-order valence-corrected chi connectivity index (χ2v) is 8.14. The van der Waals surface area contributed by atoms with E-state index in [0.717, 1.165) is 25.3 Å². The quantitative estimate of drug-likeness (QED) is 0.310. The molecule has 0 fully saturated rings. The largest absolute Gasteiger partial charge is 0.500 e. The molecule has 1 aromatic rings. The van der Waals surface area contributed by atoms with Crippen molar-refractivity contribution in [2.24, 2.45) is 0 Å². The summed E-state index contributed by atoms with van der Waals surface area (Å²) in [5.41, 5.74) is 2.52. The molecule has 22 heavy (non-hydrogen) atoms. The van der Waals surface area contributed by atoms with Crippen molar-refractivity contribution < 1.29 is 13.3 Å². The maximum atomic E-state index is 5.87. The van der Waals surface area contributed by atoms with E-state index in [9.17, 15) is 0 Å². The van der Waals surface area contributed by atoms with E-state index < -0.39 is 8.80 Å². The molecule has 0 amide bonds. The van der Waals surface area contributed by atoms with Crippen molar-refractivity contribution in [1.82, 2.24) is 0 Å². The van der Waals surface area contributed by atoms with E-state index >= 15 is 0 Å². The summed E-state index contributed by atoms with van der Waals surface area (Å²) >= 11 is 5.81. The van der Waals surface area contributed by atoms with Crippen molar-refractivity contribution in [3.8, 4) is 0 Å². The van der Waals surface area contributed by atoms with Crippen molar-refractivity contribution in [2.75, 3.05) is 19.8 Å². The minimum Gasteiger partial charge on any atom is -0.374 e. The van der Waals surface area contributed by atoms with Crippen LogP contribution in [0.25, 0.3) is 0 Å². The van der Waals surface area contributed by atoms with Gasteiger partial charge >= 0.3 is 8.80 Å². The fourth-order valence-electron chi connectivity index (χ4n) is 2.47. The van der Waals surface area contributed by atoms with Crippen molar-refractivity contribution in [3.05, 3.63) is 35.4 Å². The molecule has 5 heteroatoms. The van der Waals surface area contributed by atoms with Crippen LogP contribution in [-0.2, 0) is 25.6 Å². The second kappa shape index (κ2) is 11.2. The second-order valence-electron chi connectivity index (χ2n) is 5.14. The summed E-state index contributed by atoms with van der Waals surface area (Å²) in [6, 6.07) is 9.41. The standard InChI is InChI=1S/C17H29ClO3Si/c1-4-19-22(20-5-2,21-6-3)14-8-7-9-16-10-12-17(15-18)13-11-16/h10-13H,4-9,14-15H2,1-3H3. The highest BCUT2D eigenvalue weighted by Crippen LogP contribution is 2.20. The minimum absolute atomic E-state index is 0.575. The maximum absolute atomic E-state index is 5.87. The van der Waals surface area contributed by atoms with Gasteiger partial charge in [0.25, 0.3) is 0 Å². The summed E-state index contributed by atoms with van der Waals surface area (Å²) in [4.78, 5) is 0. The van der Waals surface area contributed by atoms with Crippen LogP contribution >= 0.6 is 11.6 Å². The van der Waals surface area contributed by atoms with Crippen molar-refractivity contribution in [1.29, 1.82) is 0 Å². The van der Waals surface area contributed by atoms with Crippen LogP contribution in [-0.4, -0.2) is 28.6 Å². The van der Waals surface area contributed by atoms with E-state index in [0.29, 0.717) is 25.7 Å². The third-order valence-corrected chi connectivity index (χ3v) is 6.93. The number of rotatable bonds is 12. The third kappa shape index (κ3) is 6.80. The Bertz CT molecular complexity index is 380. The SMILES string of the molecule is CCO[Si](CCCCc1ccc(CCl)cc1)(OCC)OCC. The monoisotopic (exact) mass is 344 g/mol. The molecule has 0 atom stereocenters. The first-order valence-corrected chi connectivity index (χ1v) is 10.7. The smallest absolute Gasteiger partial charge is 0.374 e. The number of halogens is 1. The average molecular weight is 345 g/mol. The van der Waals surface area contributed by atoms with E-state index in [1.54, 1.807) is 0 Å². The molecule has 0 unspecified atom stereocenters. The van der Waals surface area contributed by atoms with Gasteiger partial charge in [0.05, 0.1) is 0 Å². The molecule has 0 aliphatic carbocycles. The maximum Gasteiger partial charge on any atom is 0.500 e. The van der Waals surface area contributed by atoms with Crippen molar-refractivity contribution >= 4 is 20.4 Å². The van der Waals surface area contributed by atoms with Gasteiger partial charge in [-0.05, 0) is 51.2 Å². The highest BCUT2D eigenvalue weighted by Gasteiger charge is 2.39. The Morgan fingerprint density at radius 3 is 1.77 bits per heavy atom. The summed E-state index contributed by atoms with van der Waals surface area (Å²) in [5.74, 6) is 0.575. The van der Waals surface area contributed by atoms with Crippen molar-refractivity contribution in [3.63, 3.8) is 0 Å². The lowest BCUT2D eigenvalue weighted by Gasteiger charge is -2.28. The summed E-state index contributed by atoms with van der Waals surface area (Å²) in [6.07, 6.45) is 3.24. The third-order valence-electron chi connectivity index (χ3n) is 3.47. The first-order chi connectivity index (χ1) is 10.7. The predicted octanol–water partition coefficient (Wildman–Crippen LogP) is 4.80. The summed E-state index contributed by atoms with van der Waals surface area (Å²) < 4.78 is 17.6. The van der Waals surface area contributed by atoms with Crippen LogP contribution in [0.5, 0.6) is 0 Å². The van der Waals surface area contributed by atoms with E-state index in [2.05, 4.69) is 24.3 Å². The normalized spacial score (nSPS) is 11.8. The Morgan fingerprint density at radius 2 is 1.32 bits per heavy atom. The molecule has 0 N–H and O–H groups in total. The number of unbranched alkanes of at least 4 members (excludes halogenated alkanes) is 1. The van der Waals surface area contributed by atoms with E-state index in [4.69, 9.17) is 24.9 Å². The van der Waals surface area contributed by atoms with Crippen LogP contribution in [0, 0.1) is 0 Å². The van der Waals surface area contributed by atoms with Gasteiger partial charge in [-0.2, -0.15) is 0 Å². The molecular weight excluding hydrogens is 316 g/mol. The van der Waals surface area contributed by atoms with Crippen LogP contribution in [0.3, 0.4) is 0 Å². The van der Waals surface area contributed by atoms with Crippen molar-refractivity contribution in [2.45, 2.75) is 52.0 Å². The minimum atomic E-state index is -2.47. The van der Waals surface area contributed by atoms with Crippen LogP contribution in [0.4, 0.5) is 0 Å². The molecule has 126 valence electrons. The lowest BCUT2D eigenvalue weighted by Crippen LogP contribution is -2.45. The van der Waals surface area contributed by atoms with E-state index in [-0.39, 0.29) is 0 Å². The molecule has 0 bridgehead atoms. The van der Waals surface area contributed by atoms with Gasteiger partial charge < -0.3 is 13.3 Å². The number of hydrogen-bond donors (Lipinski definition) is 0. The van der Waals surface area contributed by atoms with Gasteiger partial charge in [0.2, 0.25) is 0 Å². The molecule has 0 heterocycles. The number of alkyl halides is 1. The number of benzene rings is 1. The zero-order valence-corrected chi connectivity index (χ0v) is 15.8. The average Bonchev–Trinajstić information content (AvgIpc) is 2.53. The molecule has 1 aromatic carbocycles. The van der Waals surface area contributed by atoms with Gasteiger partial charge in [-0.25, -0.2) is 0 Å². The zero-order chi connectivity index (χ0) is 16.3. The molecule has 0 aromatic heterocycles. The summed E-state index contributed by atoms with van der Waals surface area (Å²) in [7, 11) is -2.47. The lowest BCUT2D eigenvalue weighted by atomic mass is 10.1. The number of aryl methyl sites for hydroxylation is 1. The molecule has 0 aliphatic rings. The summed E-state index contributed by atoms with van der Waals surface area (Å²) in [6.45, 7) is 7.93. The predicted molar refractivity (Wildman–Crippen MR) is 94.4 cm³/mol. The molecular formula is C17H29ClO3Si. The molecule has 0 radical (unpaired) electrons. The first kappa shape index (κ1) is 19.7. The van der Waals surface area contributed by atoms with E-state index in [1.807, 2.05) is 20.8 Å². The van der Waals surface area contributed by atoms with Gasteiger partial charge in [0.1, 0.15) is 0 Å². The lowest BCUT2D eigenvalue weighted by molar-refractivity contribution is 0.0707. The van der Waals surface area contributed by atoms with Gasteiger partial charge in [0, 0.05) is 31.7 Å². The Balaban J connectivity index is 2.43. The Hall–Kier alpha value is -0.393. The summed E-state index contributed by atoms with van der Waals surface area (Å²) in [5, 5.41) is 0. The molecule has 1 rings (SSSR count). The molecule has 0 spiro atoms. The van der Waals surface area contributed by atoms with Gasteiger partial charge in [-0.1, -0.05) is 24.3 Å². The van der Waals surface area contributed by atoms with Crippen LogP contribution in [0.15, 0.2) is 24.3 Å². The van der Waals surface area contributed by atoms with Gasteiger partial charge in [-0.15, -0.1) is 11.6 Å². The fourth-order valence-corrected chi connectivity index (χ4v) is 5.33. The molecule has 3 nitrogen and oxygen atoms in total. The van der Waals surface area contributed by atoms with Crippen LogP contribution < -0.4 is 0 Å². The molecule has 0 saturated carbocycles. The first-order valence-electron chi connectivity index (χ1n) is 8.25. The molecule has 0 saturated heterocycles. The topological polar surface area (TPSA) is 27.7 Å². The van der Waals surface area contributed by atoms with Gasteiger partial charge in [-0.3, -0.25) is 0 Å². The number of hydrogen-bond acceptors (Lipinski definition) is 3. The van der Waals surface area contributed by atoms with Crippen LogP contribution in [0.2, 0.25) is 6.04 Å². The zero-order valence-electron chi connectivity index (χ0n) is 14.1. The fraction of sp³-hybridized carbons (Fsp3) is 0.647. The van der Waals surface area contributed by atoms with Crippen LogP contribution in [0.1, 0.15) is 44.7 Å². The molecule has 0 aliphatic heterocycles. The van der Waals surface area contributed by atoms with Gasteiger partial charge in [0.15, 0.2) is 0 Å². The highest BCUT2D eigenvalue weighted by atomic mass is 35.5. The highest BCUT2D eigenvalue weighted by molar-refractivity contribution is 6.60. The Labute approximate surface area is 141 Å². The Morgan fingerprint density at radius 1 is 0.818 bits per heavy atom. The van der Waals surface area contributed by atoms with E-state index in [1.165, 1.54) is 11.1 Å².